The van der Waals surface area contributed by atoms with Crippen LogP contribution in [0.5, 0.6) is 0 Å². The SMILES string of the molecule is CN=CC(C(=N)C(F)F)C(=O)Nc1ccccc1-c1cc(F)c(F)c(F)c1. The van der Waals surface area contributed by atoms with Gasteiger partial charge in [-0.2, -0.15) is 0 Å². The summed E-state index contributed by atoms with van der Waals surface area (Å²) in [5.41, 5.74) is -1.02. The standard InChI is InChI=1S/C18H14F5N3O/c1-25-8-11(16(24)17(22)23)18(27)26-14-5-3-2-4-10(14)9-6-12(19)15(21)13(20)7-9/h2-8,11,17,24H,1H3,(H,26,27). The molecule has 1 atom stereocenters. The summed E-state index contributed by atoms with van der Waals surface area (Å²) in [6.45, 7) is 0. The predicted octanol–water partition coefficient (Wildman–Crippen LogP) is 4.31. The number of alkyl halides is 2. The van der Waals surface area contributed by atoms with Gasteiger partial charge in [0, 0.05) is 24.5 Å². The Kier molecular flexibility index (Phi) is 6.38. The van der Waals surface area contributed by atoms with Gasteiger partial charge in [-0.05, 0) is 23.8 Å². The summed E-state index contributed by atoms with van der Waals surface area (Å²) in [6, 6.07) is 7.28. The van der Waals surface area contributed by atoms with Crippen LogP contribution < -0.4 is 5.32 Å². The summed E-state index contributed by atoms with van der Waals surface area (Å²) in [7, 11) is 1.26. The quantitative estimate of drug-likeness (QED) is 0.436. The highest BCUT2D eigenvalue weighted by atomic mass is 19.3. The number of nitrogens with zero attached hydrogens (tertiary/aromatic N) is 1. The zero-order valence-corrected chi connectivity index (χ0v) is 13.9. The second kappa shape index (κ2) is 8.52. The van der Waals surface area contributed by atoms with E-state index in [1.165, 1.54) is 31.3 Å². The molecule has 0 saturated carbocycles. The van der Waals surface area contributed by atoms with E-state index in [4.69, 9.17) is 5.41 Å². The van der Waals surface area contributed by atoms with Gasteiger partial charge in [-0.15, -0.1) is 0 Å². The van der Waals surface area contributed by atoms with Gasteiger partial charge in [0.25, 0.3) is 6.43 Å². The Morgan fingerprint density at radius 3 is 2.30 bits per heavy atom. The number of anilines is 1. The Balaban J connectivity index is 2.41. The molecule has 4 nitrogen and oxygen atoms in total. The molecule has 1 unspecified atom stereocenters. The van der Waals surface area contributed by atoms with Crippen molar-refractivity contribution < 1.29 is 26.7 Å². The Morgan fingerprint density at radius 2 is 1.74 bits per heavy atom. The van der Waals surface area contributed by atoms with E-state index in [0.717, 1.165) is 18.3 Å². The van der Waals surface area contributed by atoms with Crippen molar-refractivity contribution in [3.63, 3.8) is 0 Å². The summed E-state index contributed by atoms with van der Waals surface area (Å²) in [6.07, 6.45) is -2.27. The molecule has 0 fully saturated rings. The Hall–Kier alpha value is -3.10. The van der Waals surface area contributed by atoms with Crippen LogP contribution in [0.1, 0.15) is 0 Å². The third-order valence-corrected chi connectivity index (χ3v) is 3.63. The van der Waals surface area contributed by atoms with Gasteiger partial charge in [0.2, 0.25) is 5.91 Å². The zero-order valence-electron chi connectivity index (χ0n) is 13.9. The number of rotatable bonds is 6. The molecule has 0 aliphatic carbocycles. The van der Waals surface area contributed by atoms with E-state index in [9.17, 15) is 26.7 Å². The lowest BCUT2D eigenvalue weighted by Gasteiger charge is -2.16. The molecule has 0 aromatic heterocycles. The maximum Gasteiger partial charge on any atom is 0.277 e. The smallest absolute Gasteiger partial charge is 0.277 e. The van der Waals surface area contributed by atoms with Crippen LogP contribution in [0.3, 0.4) is 0 Å². The Morgan fingerprint density at radius 1 is 1.15 bits per heavy atom. The number of halogens is 5. The number of hydrogen-bond acceptors (Lipinski definition) is 3. The van der Waals surface area contributed by atoms with Crippen molar-refractivity contribution >= 4 is 23.5 Å². The third kappa shape index (κ3) is 4.55. The van der Waals surface area contributed by atoms with Crippen molar-refractivity contribution in [1.29, 1.82) is 5.41 Å². The highest BCUT2D eigenvalue weighted by molar-refractivity contribution is 6.19. The molecule has 142 valence electrons. The van der Waals surface area contributed by atoms with Gasteiger partial charge in [-0.25, -0.2) is 22.0 Å². The maximum atomic E-state index is 13.5. The molecule has 2 aromatic carbocycles. The van der Waals surface area contributed by atoms with Crippen molar-refractivity contribution in [3.8, 4) is 11.1 Å². The lowest BCUT2D eigenvalue weighted by molar-refractivity contribution is -0.116. The molecular formula is C18H14F5N3O. The van der Waals surface area contributed by atoms with E-state index in [-0.39, 0.29) is 16.8 Å². The number of carbonyl (C=O) groups is 1. The fourth-order valence-corrected chi connectivity index (χ4v) is 2.34. The van der Waals surface area contributed by atoms with Crippen LogP contribution >= 0.6 is 0 Å². The number of aliphatic imine (C=N–C) groups is 1. The van der Waals surface area contributed by atoms with Gasteiger partial charge in [-0.1, -0.05) is 18.2 Å². The zero-order chi connectivity index (χ0) is 20.1. The summed E-state index contributed by atoms with van der Waals surface area (Å²) in [4.78, 5) is 15.9. The summed E-state index contributed by atoms with van der Waals surface area (Å²) in [5.74, 6) is -7.06. The fraction of sp³-hybridized carbons (Fsp3) is 0.167. The molecule has 1 amide bonds. The first kappa shape index (κ1) is 20.2. The molecule has 0 aliphatic heterocycles. The lowest BCUT2D eigenvalue weighted by Crippen LogP contribution is -2.34. The van der Waals surface area contributed by atoms with E-state index in [2.05, 4.69) is 10.3 Å². The lowest BCUT2D eigenvalue weighted by atomic mass is 10.0. The molecular weight excluding hydrogens is 369 g/mol. The first-order valence-corrected chi connectivity index (χ1v) is 7.59. The van der Waals surface area contributed by atoms with Crippen LogP contribution in [0.2, 0.25) is 0 Å². The van der Waals surface area contributed by atoms with Crippen LogP contribution in [0.25, 0.3) is 11.1 Å². The predicted molar refractivity (Wildman–Crippen MR) is 92.0 cm³/mol. The molecule has 0 bridgehead atoms. The average Bonchev–Trinajstić information content (AvgIpc) is 2.63. The molecule has 2 rings (SSSR count). The van der Waals surface area contributed by atoms with Crippen LogP contribution in [0.15, 0.2) is 41.4 Å². The molecule has 0 spiro atoms. The minimum absolute atomic E-state index is 0.0458. The minimum atomic E-state index is -3.16. The van der Waals surface area contributed by atoms with Crippen molar-refractivity contribution in [2.45, 2.75) is 6.43 Å². The van der Waals surface area contributed by atoms with Crippen LogP contribution in [-0.4, -0.2) is 31.3 Å². The van der Waals surface area contributed by atoms with E-state index >= 15 is 0 Å². The molecule has 0 radical (unpaired) electrons. The number of amides is 1. The van der Waals surface area contributed by atoms with E-state index in [1.54, 1.807) is 0 Å². The molecule has 2 N–H and O–H groups in total. The number of carbonyl (C=O) groups excluding carboxylic acids is 1. The van der Waals surface area contributed by atoms with Crippen molar-refractivity contribution in [1.82, 2.24) is 0 Å². The monoisotopic (exact) mass is 383 g/mol. The van der Waals surface area contributed by atoms with E-state index in [0.29, 0.717) is 0 Å². The Labute approximate surface area is 151 Å². The van der Waals surface area contributed by atoms with Crippen molar-refractivity contribution in [2.75, 3.05) is 12.4 Å². The topological polar surface area (TPSA) is 65.3 Å². The summed E-state index contributed by atoms with van der Waals surface area (Å²) in [5, 5.41) is 9.70. The largest absolute Gasteiger partial charge is 0.325 e. The fourth-order valence-electron chi connectivity index (χ4n) is 2.34. The van der Waals surface area contributed by atoms with Gasteiger partial charge in [-0.3, -0.25) is 9.79 Å². The molecule has 0 aliphatic rings. The normalized spacial score (nSPS) is 12.4. The second-order valence-corrected chi connectivity index (χ2v) is 5.43. The summed E-state index contributed by atoms with van der Waals surface area (Å²) < 4.78 is 65.8. The second-order valence-electron chi connectivity index (χ2n) is 5.43. The molecule has 27 heavy (non-hydrogen) atoms. The van der Waals surface area contributed by atoms with Crippen molar-refractivity contribution in [2.24, 2.45) is 10.9 Å². The van der Waals surface area contributed by atoms with Gasteiger partial charge in [0.05, 0.1) is 5.71 Å². The molecule has 0 heterocycles. The van der Waals surface area contributed by atoms with Gasteiger partial charge in [0.1, 0.15) is 5.92 Å². The van der Waals surface area contributed by atoms with Crippen LogP contribution in [0, 0.1) is 28.8 Å². The highest BCUT2D eigenvalue weighted by Gasteiger charge is 2.28. The first-order valence-electron chi connectivity index (χ1n) is 7.59. The van der Waals surface area contributed by atoms with Crippen LogP contribution in [0.4, 0.5) is 27.6 Å². The number of nitrogens with one attached hydrogen (secondary N) is 2. The number of hydrogen-bond donors (Lipinski definition) is 2. The third-order valence-electron chi connectivity index (χ3n) is 3.63. The molecule has 9 heteroatoms. The van der Waals surface area contributed by atoms with Gasteiger partial charge >= 0.3 is 0 Å². The van der Waals surface area contributed by atoms with Crippen molar-refractivity contribution in [3.05, 3.63) is 53.8 Å². The average molecular weight is 383 g/mol. The summed E-state index contributed by atoms with van der Waals surface area (Å²) >= 11 is 0. The maximum absolute atomic E-state index is 13.5. The van der Waals surface area contributed by atoms with Gasteiger partial charge in [0.15, 0.2) is 17.5 Å². The first-order chi connectivity index (χ1) is 12.8. The number of benzene rings is 2. The van der Waals surface area contributed by atoms with Crippen LogP contribution in [-0.2, 0) is 4.79 Å². The Bertz CT molecular complexity index is 875. The molecule has 2 aromatic rings. The molecule has 0 saturated heterocycles. The van der Waals surface area contributed by atoms with E-state index < -0.39 is 41.4 Å². The number of para-hydroxylation sites is 1. The van der Waals surface area contributed by atoms with E-state index in [1.807, 2.05) is 0 Å². The highest BCUT2D eigenvalue weighted by Crippen LogP contribution is 2.30. The van der Waals surface area contributed by atoms with Gasteiger partial charge < -0.3 is 10.7 Å². The minimum Gasteiger partial charge on any atom is -0.325 e.